The molecule has 1 N–H and O–H groups in total. The first kappa shape index (κ1) is 17.0. The minimum Gasteiger partial charge on any atom is -0.492 e. The molecule has 21 heavy (non-hydrogen) atoms. The number of anilines is 1. The van der Waals surface area contributed by atoms with E-state index in [1.165, 1.54) is 7.11 Å². The van der Waals surface area contributed by atoms with Crippen molar-refractivity contribution in [3.63, 3.8) is 0 Å². The van der Waals surface area contributed by atoms with Crippen LogP contribution in [0.1, 0.15) is 39.2 Å². The zero-order valence-electron chi connectivity index (χ0n) is 13.0. The van der Waals surface area contributed by atoms with Gasteiger partial charge in [0.2, 0.25) is 0 Å². The van der Waals surface area contributed by atoms with Gasteiger partial charge in [0.25, 0.3) is 5.91 Å². The molecule has 1 rings (SSSR count). The van der Waals surface area contributed by atoms with Crippen molar-refractivity contribution in [2.75, 3.05) is 19.0 Å². The van der Waals surface area contributed by atoms with Gasteiger partial charge in [0.05, 0.1) is 12.2 Å². The van der Waals surface area contributed by atoms with Gasteiger partial charge in [-0.1, -0.05) is 13.3 Å². The van der Waals surface area contributed by atoms with E-state index in [9.17, 15) is 4.79 Å². The number of ether oxygens (including phenoxy) is 2. The van der Waals surface area contributed by atoms with E-state index in [1.807, 2.05) is 13.8 Å². The summed E-state index contributed by atoms with van der Waals surface area (Å²) in [5.41, 5.74) is 0.0730. The third-order valence-electron chi connectivity index (χ3n) is 3.32. The van der Waals surface area contributed by atoms with Crippen molar-refractivity contribution < 1.29 is 14.3 Å². The number of rotatable bonds is 7. The fourth-order valence-corrected chi connectivity index (χ4v) is 2.03. The van der Waals surface area contributed by atoms with Crippen LogP contribution in [-0.2, 0) is 9.53 Å². The molecule has 5 heteroatoms. The molecule has 0 saturated carbocycles. The molecule has 0 aromatic heterocycles. The lowest BCUT2D eigenvalue weighted by Crippen LogP contribution is -2.41. The highest BCUT2D eigenvalue weighted by Crippen LogP contribution is 2.24. The van der Waals surface area contributed by atoms with E-state index >= 15 is 0 Å². The average Bonchev–Trinajstić information content (AvgIpc) is 2.49. The topological polar surface area (TPSA) is 71.3 Å². The van der Waals surface area contributed by atoms with E-state index in [1.54, 1.807) is 25.1 Å². The van der Waals surface area contributed by atoms with Crippen LogP contribution in [0, 0.1) is 11.3 Å². The second kappa shape index (κ2) is 7.65. The van der Waals surface area contributed by atoms with Crippen LogP contribution in [0.2, 0.25) is 0 Å². The summed E-state index contributed by atoms with van der Waals surface area (Å²) in [6.07, 6.45) is 1.46. The second-order valence-electron chi connectivity index (χ2n) is 4.89. The molecule has 5 nitrogen and oxygen atoms in total. The van der Waals surface area contributed by atoms with Crippen molar-refractivity contribution in [2.45, 2.75) is 39.2 Å². The molecule has 0 aliphatic carbocycles. The fourth-order valence-electron chi connectivity index (χ4n) is 2.03. The minimum absolute atomic E-state index is 0.222. The van der Waals surface area contributed by atoms with Crippen molar-refractivity contribution in [3.8, 4) is 11.8 Å². The van der Waals surface area contributed by atoms with Gasteiger partial charge in [-0.3, -0.25) is 4.79 Å². The summed E-state index contributed by atoms with van der Waals surface area (Å²) in [5, 5.41) is 11.9. The number of benzene rings is 1. The zero-order valence-corrected chi connectivity index (χ0v) is 13.0. The fraction of sp³-hybridized carbons (Fsp3) is 0.500. The number of carbonyl (C=O) groups excluding carboxylic acids is 1. The number of amides is 1. The van der Waals surface area contributed by atoms with Crippen LogP contribution in [0.3, 0.4) is 0 Å². The Hall–Kier alpha value is -2.06. The van der Waals surface area contributed by atoms with Crippen LogP contribution >= 0.6 is 0 Å². The number of nitrogens with one attached hydrogen (secondary N) is 1. The summed E-state index contributed by atoms with van der Waals surface area (Å²) in [6, 6.07) is 7.06. The molecular weight excluding hydrogens is 268 g/mol. The third kappa shape index (κ3) is 4.20. The Bertz CT molecular complexity index is 537. The molecule has 0 unspecified atom stereocenters. The van der Waals surface area contributed by atoms with Crippen LogP contribution in [0.15, 0.2) is 18.2 Å². The first-order valence-electron chi connectivity index (χ1n) is 7.04. The quantitative estimate of drug-likeness (QED) is 0.837. The molecule has 0 spiro atoms. The first-order valence-corrected chi connectivity index (χ1v) is 7.04. The standard InChI is InChI=1S/C16H22N2O3/c1-5-9-16(3,20-4)15(19)18-13-7-8-14(21-6-2)12(10-13)11-17/h7-8,10H,5-6,9H2,1-4H3,(H,18,19)/t16-/m1/s1. The molecule has 1 aromatic rings. The number of nitriles is 1. The second-order valence-corrected chi connectivity index (χ2v) is 4.89. The Kier molecular flexibility index (Phi) is 6.19. The van der Waals surface area contributed by atoms with Crippen LogP contribution < -0.4 is 10.1 Å². The molecule has 1 aromatic carbocycles. The smallest absolute Gasteiger partial charge is 0.256 e. The van der Waals surface area contributed by atoms with Gasteiger partial charge in [-0.25, -0.2) is 0 Å². The highest BCUT2D eigenvalue weighted by atomic mass is 16.5. The van der Waals surface area contributed by atoms with E-state index in [0.29, 0.717) is 30.0 Å². The highest BCUT2D eigenvalue weighted by Gasteiger charge is 2.32. The SMILES string of the molecule is CCC[C@@](C)(OC)C(=O)Nc1ccc(OCC)c(C#N)c1. The van der Waals surface area contributed by atoms with Crippen LogP contribution in [0.25, 0.3) is 0 Å². The number of methoxy groups -OCH3 is 1. The Morgan fingerprint density at radius 1 is 1.43 bits per heavy atom. The highest BCUT2D eigenvalue weighted by molar-refractivity contribution is 5.97. The first-order chi connectivity index (χ1) is 10.0. The van der Waals surface area contributed by atoms with Crippen molar-refractivity contribution in [3.05, 3.63) is 23.8 Å². The molecule has 0 saturated heterocycles. The van der Waals surface area contributed by atoms with Gasteiger partial charge in [0.1, 0.15) is 17.4 Å². The van der Waals surface area contributed by atoms with E-state index in [-0.39, 0.29) is 5.91 Å². The van der Waals surface area contributed by atoms with Crippen molar-refractivity contribution in [2.24, 2.45) is 0 Å². The van der Waals surface area contributed by atoms with Crippen molar-refractivity contribution in [1.82, 2.24) is 0 Å². The van der Waals surface area contributed by atoms with Crippen molar-refractivity contribution >= 4 is 11.6 Å². The van der Waals surface area contributed by atoms with Gasteiger partial charge < -0.3 is 14.8 Å². The van der Waals surface area contributed by atoms with Gasteiger partial charge in [-0.2, -0.15) is 5.26 Å². The predicted molar refractivity (Wildman–Crippen MR) is 81.3 cm³/mol. The van der Waals surface area contributed by atoms with Gasteiger partial charge in [-0.05, 0) is 38.5 Å². The van der Waals surface area contributed by atoms with Crippen LogP contribution in [0.5, 0.6) is 5.75 Å². The number of carbonyl (C=O) groups is 1. The Morgan fingerprint density at radius 2 is 2.14 bits per heavy atom. The number of hydrogen-bond acceptors (Lipinski definition) is 4. The Labute approximate surface area is 125 Å². The molecule has 1 amide bonds. The largest absolute Gasteiger partial charge is 0.492 e. The maximum Gasteiger partial charge on any atom is 0.256 e. The summed E-state index contributed by atoms with van der Waals surface area (Å²) < 4.78 is 10.7. The Morgan fingerprint density at radius 3 is 2.67 bits per heavy atom. The molecular formula is C16H22N2O3. The summed E-state index contributed by atoms with van der Waals surface area (Å²) in [6.45, 7) is 6.09. The third-order valence-corrected chi connectivity index (χ3v) is 3.32. The number of nitrogens with zero attached hydrogens (tertiary/aromatic N) is 1. The normalized spacial score (nSPS) is 13.1. The Balaban J connectivity index is 2.93. The molecule has 0 heterocycles. The maximum atomic E-state index is 12.3. The minimum atomic E-state index is -0.875. The molecule has 0 fully saturated rings. The van der Waals surface area contributed by atoms with Crippen LogP contribution in [-0.4, -0.2) is 25.2 Å². The van der Waals surface area contributed by atoms with E-state index in [0.717, 1.165) is 6.42 Å². The summed E-state index contributed by atoms with van der Waals surface area (Å²) in [5.74, 6) is 0.293. The zero-order chi connectivity index (χ0) is 15.9. The average molecular weight is 290 g/mol. The molecule has 0 bridgehead atoms. The predicted octanol–water partition coefficient (Wildman–Crippen LogP) is 3.10. The lowest BCUT2D eigenvalue weighted by Gasteiger charge is -2.26. The molecule has 0 aliphatic heterocycles. The van der Waals surface area contributed by atoms with Gasteiger partial charge in [0, 0.05) is 12.8 Å². The van der Waals surface area contributed by atoms with E-state index in [2.05, 4.69) is 11.4 Å². The van der Waals surface area contributed by atoms with E-state index in [4.69, 9.17) is 14.7 Å². The number of hydrogen-bond donors (Lipinski definition) is 1. The lowest BCUT2D eigenvalue weighted by atomic mass is 9.99. The summed E-state index contributed by atoms with van der Waals surface area (Å²) in [7, 11) is 1.52. The van der Waals surface area contributed by atoms with Gasteiger partial charge >= 0.3 is 0 Å². The molecule has 1 atom stereocenters. The molecule has 0 radical (unpaired) electrons. The van der Waals surface area contributed by atoms with Gasteiger partial charge in [-0.15, -0.1) is 0 Å². The summed E-state index contributed by atoms with van der Waals surface area (Å²) in [4.78, 5) is 12.3. The lowest BCUT2D eigenvalue weighted by molar-refractivity contribution is -0.136. The molecule has 0 aliphatic rings. The van der Waals surface area contributed by atoms with E-state index < -0.39 is 5.60 Å². The molecule has 114 valence electrons. The van der Waals surface area contributed by atoms with Crippen LogP contribution in [0.4, 0.5) is 5.69 Å². The van der Waals surface area contributed by atoms with Gasteiger partial charge in [0.15, 0.2) is 0 Å². The van der Waals surface area contributed by atoms with Crippen molar-refractivity contribution in [1.29, 1.82) is 5.26 Å². The summed E-state index contributed by atoms with van der Waals surface area (Å²) >= 11 is 0. The monoisotopic (exact) mass is 290 g/mol. The maximum absolute atomic E-state index is 12.3.